The normalized spacial score (nSPS) is 26.5. The molecule has 2 fully saturated rings. The van der Waals surface area contributed by atoms with E-state index in [0.717, 1.165) is 45.4 Å². The topological polar surface area (TPSA) is 23.6 Å². The van der Waals surface area contributed by atoms with E-state index in [4.69, 9.17) is 11.6 Å². The van der Waals surface area contributed by atoms with Gasteiger partial charge in [-0.1, -0.05) is 0 Å². The highest BCUT2D eigenvalue weighted by Crippen LogP contribution is 2.40. The van der Waals surface area contributed by atoms with E-state index in [1.165, 1.54) is 0 Å². The Morgan fingerprint density at radius 2 is 2.07 bits per heavy atom. The van der Waals surface area contributed by atoms with Crippen molar-refractivity contribution in [3.8, 4) is 0 Å². The maximum atomic E-state index is 11.8. The molecule has 2 saturated heterocycles. The number of halogens is 1. The van der Waals surface area contributed by atoms with Crippen LogP contribution in [-0.2, 0) is 4.79 Å². The number of hydrogen-bond acceptors (Lipinski definition) is 2. The summed E-state index contributed by atoms with van der Waals surface area (Å²) in [6.07, 6.45) is 3.07. The number of rotatable bonds is 2. The lowest BCUT2D eigenvalue weighted by molar-refractivity contribution is -0.127. The molecule has 2 aliphatic rings. The van der Waals surface area contributed by atoms with Crippen LogP contribution in [0.15, 0.2) is 0 Å². The van der Waals surface area contributed by atoms with Crippen LogP contribution in [0.2, 0.25) is 0 Å². The van der Waals surface area contributed by atoms with Gasteiger partial charge < -0.3 is 9.80 Å². The van der Waals surface area contributed by atoms with Crippen LogP contribution in [0.3, 0.4) is 0 Å². The molecule has 0 N–H and O–H groups in total. The summed E-state index contributed by atoms with van der Waals surface area (Å²) in [6.45, 7) is 3.91. The Hall–Kier alpha value is -0.280. The zero-order valence-electron chi connectivity index (χ0n) is 9.34. The molecule has 1 spiro atoms. The van der Waals surface area contributed by atoms with Crippen molar-refractivity contribution in [2.45, 2.75) is 19.3 Å². The van der Waals surface area contributed by atoms with Crippen LogP contribution in [0.5, 0.6) is 0 Å². The van der Waals surface area contributed by atoms with E-state index in [1.54, 1.807) is 0 Å². The van der Waals surface area contributed by atoms with Crippen LogP contribution in [0, 0.1) is 5.41 Å². The lowest BCUT2D eigenvalue weighted by Crippen LogP contribution is -2.39. The molecular weight excluding hydrogens is 212 g/mol. The third-order valence-corrected chi connectivity index (χ3v) is 3.98. The monoisotopic (exact) mass is 230 g/mol. The van der Waals surface area contributed by atoms with Gasteiger partial charge in [-0.25, -0.2) is 0 Å². The fraction of sp³-hybridized carbons (Fsp3) is 0.909. The van der Waals surface area contributed by atoms with Crippen LogP contribution >= 0.6 is 11.6 Å². The Morgan fingerprint density at radius 1 is 1.40 bits per heavy atom. The van der Waals surface area contributed by atoms with E-state index in [2.05, 4.69) is 11.9 Å². The Labute approximate surface area is 96.4 Å². The number of alkyl halides is 1. The molecule has 0 radical (unpaired) electrons. The molecule has 15 heavy (non-hydrogen) atoms. The van der Waals surface area contributed by atoms with Crippen molar-refractivity contribution in [3.05, 3.63) is 0 Å². The lowest BCUT2D eigenvalue weighted by atomic mass is 9.78. The fourth-order valence-corrected chi connectivity index (χ4v) is 2.92. The number of carbonyl (C=O) groups excluding carboxylic acids is 1. The molecule has 0 unspecified atom stereocenters. The Kier molecular flexibility index (Phi) is 3.21. The Bertz CT molecular complexity index is 249. The second kappa shape index (κ2) is 4.30. The minimum Gasteiger partial charge on any atom is -0.341 e. The molecule has 2 aliphatic heterocycles. The Balaban J connectivity index is 1.97. The molecule has 2 rings (SSSR count). The second-order valence-corrected chi connectivity index (χ2v) is 5.36. The molecule has 0 aliphatic carbocycles. The van der Waals surface area contributed by atoms with Crippen molar-refractivity contribution in [2.75, 3.05) is 39.1 Å². The highest BCUT2D eigenvalue weighted by atomic mass is 35.5. The average molecular weight is 231 g/mol. The zero-order valence-corrected chi connectivity index (χ0v) is 10.1. The first kappa shape index (κ1) is 11.2. The van der Waals surface area contributed by atoms with Crippen molar-refractivity contribution >= 4 is 17.5 Å². The van der Waals surface area contributed by atoms with Crippen molar-refractivity contribution in [1.82, 2.24) is 9.80 Å². The van der Waals surface area contributed by atoms with Crippen LogP contribution in [0.25, 0.3) is 0 Å². The van der Waals surface area contributed by atoms with Gasteiger partial charge in [-0.2, -0.15) is 0 Å². The molecule has 0 aromatic carbocycles. The van der Waals surface area contributed by atoms with Crippen LogP contribution in [0.1, 0.15) is 19.3 Å². The third-order valence-electron chi connectivity index (χ3n) is 3.81. The van der Waals surface area contributed by atoms with Crippen molar-refractivity contribution < 1.29 is 4.79 Å². The third kappa shape index (κ3) is 2.28. The summed E-state index contributed by atoms with van der Waals surface area (Å²) in [5, 5.41) is 0. The molecule has 4 heteroatoms. The molecule has 1 amide bonds. The summed E-state index contributed by atoms with van der Waals surface area (Å²) >= 11 is 5.70. The number of hydrogen-bond donors (Lipinski definition) is 0. The van der Waals surface area contributed by atoms with Gasteiger partial charge in [-0.3, -0.25) is 4.79 Å². The molecule has 2 heterocycles. The molecule has 86 valence electrons. The van der Waals surface area contributed by atoms with Crippen LogP contribution < -0.4 is 0 Å². The first-order chi connectivity index (χ1) is 7.15. The minimum atomic E-state index is 0.273. The second-order valence-electron chi connectivity index (χ2n) is 4.98. The number of nitrogens with zero attached hydrogens (tertiary/aromatic N) is 2. The summed E-state index contributed by atoms with van der Waals surface area (Å²) in [5.74, 6) is 0.863. The van der Waals surface area contributed by atoms with Gasteiger partial charge in [0.2, 0.25) is 5.91 Å². The van der Waals surface area contributed by atoms with Crippen molar-refractivity contribution in [2.24, 2.45) is 5.41 Å². The molecule has 0 bridgehead atoms. The van der Waals surface area contributed by atoms with E-state index < -0.39 is 0 Å². The fourth-order valence-electron chi connectivity index (χ4n) is 2.72. The molecule has 3 nitrogen and oxygen atoms in total. The Morgan fingerprint density at radius 3 is 2.67 bits per heavy atom. The first-order valence-electron chi connectivity index (χ1n) is 5.67. The van der Waals surface area contributed by atoms with E-state index in [9.17, 15) is 4.79 Å². The van der Waals surface area contributed by atoms with E-state index in [-0.39, 0.29) is 5.41 Å². The van der Waals surface area contributed by atoms with Gasteiger partial charge in [0.05, 0.1) is 0 Å². The van der Waals surface area contributed by atoms with Crippen molar-refractivity contribution in [3.63, 3.8) is 0 Å². The van der Waals surface area contributed by atoms with E-state index in [1.807, 2.05) is 4.90 Å². The zero-order chi connectivity index (χ0) is 10.9. The SMILES string of the molecule is CN1CCC2(CC1)CC(=O)N(CCCl)C2. The molecular formula is C11H19ClN2O. The van der Waals surface area contributed by atoms with Crippen molar-refractivity contribution in [1.29, 1.82) is 0 Å². The summed E-state index contributed by atoms with van der Waals surface area (Å²) < 4.78 is 0. The van der Waals surface area contributed by atoms with Gasteiger partial charge in [0.15, 0.2) is 0 Å². The summed E-state index contributed by atoms with van der Waals surface area (Å²) in [6, 6.07) is 0. The average Bonchev–Trinajstić information content (AvgIpc) is 2.50. The minimum absolute atomic E-state index is 0.273. The van der Waals surface area contributed by atoms with Gasteiger partial charge in [0.1, 0.15) is 0 Å². The van der Waals surface area contributed by atoms with E-state index in [0.29, 0.717) is 11.8 Å². The van der Waals surface area contributed by atoms with Gasteiger partial charge in [0.25, 0.3) is 0 Å². The van der Waals surface area contributed by atoms with Gasteiger partial charge in [-0.05, 0) is 38.4 Å². The smallest absolute Gasteiger partial charge is 0.223 e. The van der Waals surface area contributed by atoms with E-state index >= 15 is 0 Å². The maximum Gasteiger partial charge on any atom is 0.223 e. The molecule has 0 saturated carbocycles. The number of piperidine rings is 1. The highest BCUT2D eigenvalue weighted by molar-refractivity contribution is 6.18. The summed E-state index contributed by atoms with van der Waals surface area (Å²) in [7, 11) is 2.15. The number of amides is 1. The lowest BCUT2D eigenvalue weighted by Gasteiger charge is -2.37. The van der Waals surface area contributed by atoms with Crippen LogP contribution in [0.4, 0.5) is 0 Å². The predicted molar refractivity (Wildman–Crippen MR) is 61.1 cm³/mol. The summed E-state index contributed by atoms with van der Waals surface area (Å²) in [4.78, 5) is 16.1. The number of carbonyl (C=O) groups is 1. The standard InChI is InChI=1S/C11H19ClN2O/c1-13-5-2-11(3-6-13)8-10(15)14(9-11)7-4-12/h2-9H2,1H3. The summed E-state index contributed by atoms with van der Waals surface area (Å²) in [5.41, 5.74) is 0.273. The largest absolute Gasteiger partial charge is 0.341 e. The molecule has 0 aromatic rings. The highest BCUT2D eigenvalue weighted by Gasteiger charge is 2.43. The number of likely N-dealkylation sites (tertiary alicyclic amines) is 2. The maximum absolute atomic E-state index is 11.8. The first-order valence-corrected chi connectivity index (χ1v) is 6.21. The molecule has 0 atom stereocenters. The van der Waals surface area contributed by atoms with Gasteiger partial charge >= 0.3 is 0 Å². The quantitative estimate of drug-likeness (QED) is 0.665. The van der Waals surface area contributed by atoms with Gasteiger partial charge in [0, 0.05) is 25.4 Å². The van der Waals surface area contributed by atoms with Crippen LogP contribution in [-0.4, -0.2) is 54.8 Å². The van der Waals surface area contributed by atoms with Gasteiger partial charge in [-0.15, -0.1) is 11.6 Å². The molecule has 0 aromatic heterocycles. The predicted octanol–water partition coefficient (Wildman–Crippen LogP) is 1.17.